The molecule has 0 atom stereocenters. The van der Waals surface area contributed by atoms with Gasteiger partial charge in [0.15, 0.2) is 0 Å². The van der Waals surface area contributed by atoms with Gasteiger partial charge in [0.25, 0.3) is 5.69 Å². The Hall–Kier alpha value is -2.06. The smallest absolute Gasteiger partial charge is 0.273 e. The van der Waals surface area contributed by atoms with Crippen molar-refractivity contribution in [2.45, 2.75) is 32.6 Å². The number of unbranched alkanes of at least 4 members (excludes halogenated alkanes) is 1. The van der Waals surface area contributed by atoms with Crippen molar-refractivity contribution in [3.63, 3.8) is 0 Å². The van der Waals surface area contributed by atoms with E-state index in [9.17, 15) is 14.9 Å². The van der Waals surface area contributed by atoms with Gasteiger partial charge in [0.1, 0.15) is 0 Å². The number of amides is 1. The Morgan fingerprint density at radius 2 is 2.30 bits per heavy atom. The summed E-state index contributed by atoms with van der Waals surface area (Å²) in [6, 6.07) is 5.58. The van der Waals surface area contributed by atoms with Crippen LogP contribution >= 0.6 is 22.7 Å². The molecular formula is C15H17N3O3S2. The molecule has 8 heteroatoms. The van der Waals surface area contributed by atoms with E-state index >= 15 is 0 Å². The first-order chi connectivity index (χ1) is 11.1. The Balaban J connectivity index is 1.69. The number of thiophene rings is 2. The van der Waals surface area contributed by atoms with E-state index in [1.165, 1.54) is 28.5 Å². The van der Waals surface area contributed by atoms with Gasteiger partial charge in [-0.15, -0.1) is 22.7 Å². The van der Waals surface area contributed by atoms with E-state index in [1.54, 1.807) is 18.3 Å². The molecule has 0 aromatic carbocycles. The van der Waals surface area contributed by atoms with Crippen molar-refractivity contribution in [2.75, 3.05) is 0 Å². The lowest BCUT2D eigenvalue weighted by Gasteiger charge is -1.99. The lowest BCUT2D eigenvalue weighted by atomic mass is 10.2. The molecule has 0 radical (unpaired) electrons. The lowest BCUT2D eigenvalue weighted by Crippen LogP contribution is -2.16. The first kappa shape index (κ1) is 17.3. The zero-order valence-electron chi connectivity index (χ0n) is 12.7. The Bertz CT molecular complexity index is 693. The molecule has 0 spiro atoms. The maximum atomic E-state index is 11.6. The van der Waals surface area contributed by atoms with Crippen molar-refractivity contribution in [2.24, 2.45) is 5.10 Å². The molecule has 2 aromatic rings. The average Bonchev–Trinajstić information content (AvgIpc) is 3.13. The highest BCUT2D eigenvalue weighted by Crippen LogP contribution is 2.26. The molecule has 0 bridgehead atoms. The summed E-state index contributed by atoms with van der Waals surface area (Å²) >= 11 is 3.00. The molecule has 0 unspecified atom stereocenters. The Labute approximate surface area is 142 Å². The van der Waals surface area contributed by atoms with Gasteiger partial charge < -0.3 is 0 Å². The fraction of sp³-hybridized carbons (Fsp3) is 0.333. The van der Waals surface area contributed by atoms with Crippen LogP contribution in [-0.4, -0.2) is 17.0 Å². The van der Waals surface area contributed by atoms with Crippen LogP contribution in [0.25, 0.3) is 0 Å². The molecule has 2 heterocycles. The molecule has 1 amide bonds. The Kier molecular flexibility index (Phi) is 6.42. The number of hydrogen-bond donors (Lipinski definition) is 1. The van der Waals surface area contributed by atoms with Crippen LogP contribution in [-0.2, 0) is 11.2 Å². The van der Waals surface area contributed by atoms with Crippen LogP contribution in [0.4, 0.5) is 5.69 Å². The van der Waals surface area contributed by atoms with Gasteiger partial charge in [0.2, 0.25) is 5.91 Å². The Morgan fingerprint density at radius 3 is 2.96 bits per heavy atom. The first-order valence-corrected chi connectivity index (χ1v) is 8.85. The largest absolute Gasteiger partial charge is 0.283 e. The highest BCUT2D eigenvalue weighted by Gasteiger charge is 2.14. The van der Waals surface area contributed by atoms with Crippen molar-refractivity contribution >= 4 is 40.5 Å². The van der Waals surface area contributed by atoms with Crippen LogP contribution in [0.5, 0.6) is 0 Å². The van der Waals surface area contributed by atoms with Crippen molar-refractivity contribution < 1.29 is 9.72 Å². The number of nitrogens with zero attached hydrogens (tertiary/aromatic N) is 2. The van der Waals surface area contributed by atoms with Crippen LogP contribution in [0.15, 0.2) is 28.7 Å². The van der Waals surface area contributed by atoms with E-state index < -0.39 is 4.92 Å². The predicted molar refractivity (Wildman–Crippen MR) is 93.3 cm³/mol. The van der Waals surface area contributed by atoms with Crippen molar-refractivity contribution in [3.8, 4) is 0 Å². The second-order valence-corrected chi connectivity index (χ2v) is 7.25. The Morgan fingerprint density at radius 1 is 1.48 bits per heavy atom. The van der Waals surface area contributed by atoms with Crippen LogP contribution < -0.4 is 5.43 Å². The third-order valence-electron chi connectivity index (χ3n) is 3.15. The number of hydrogen-bond acceptors (Lipinski definition) is 6. The van der Waals surface area contributed by atoms with Crippen molar-refractivity contribution in [3.05, 3.63) is 48.3 Å². The zero-order chi connectivity index (χ0) is 16.7. The summed E-state index contributed by atoms with van der Waals surface area (Å²) in [4.78, 5) is 24.6. The van der Waals surface area contributed by atoms with Gasteiger partial charge in [-0.2, -0.15) is 5.10 Å². The van der Waals surface area contributed by atoms with Crippen LogP contribution in [0.2, 0.25) is 0 Å². The second-order valence-electron chi connectivity index (χ2n) is 4.93. The maximum Gasteiger partial charge on any atom is 0.283 e. The van der Waals surface area contributed by atoms with Gasteiger partial charge in [0, 0.05) is 17.4 Å². The van der Waals surface area contributed by atoms with Gasteiger partial charge in [-0.05, 0) is 37.6 Å². The van der Waals surface area contributed by atoms with Gasteiger partial charge in [-0.3, -0.25) is 14.9 Å². The van der Waals surface area contributed by atoms with E-state index in [4.69, 9.17) is 0 Å². The summed E-state index contributed by atoms with van der Waals surface area (Å²) in [5.41, 5.74) is 2.53. The summed E-state index contributed by atoms with van der Waals surface area (Å²) in [6.07, 6.45) is 4.63. The number of aryl methyl sites for hydroxylation is 2. The molecule has 6 nitrogen and oxygen atoms in total. The topological polar surface area (TPSA) is 84.6 Å². The molecule has 0 saturated heterocycles. The van der Waals surface area contributed by atoms with Crippen molar-refractivity contribution in [1.29, 1.82) is 0 Å². The fourth-order valence-corrected chi connectivity index (χ4v) is 3.62. The first-order valence-electron chi connectivity index (χ1n) is 7.15. The lowest BCUT2D eigenvalue weighted by molar-refractivity contribution is -0.385. The monoisotopic (exact) mass is 351 g/mol. The summed E-state index contributed by atoms with van der Waals surface area (Å²) in [6.45, 7) is 1.69. The summed E-state index contributed by atoms with van der Waals surface area (Å²) in [7, 11) is 0. The van der Waals surface area contributed by atoms with Gasteiger partial charge >= 0.3 is 0 Å². The van der Waals surface area contributed by atoms with E-state index in [1.807, 2.05) is 11.4 Å². The third-order valence-corrected chi connectivity index (χ3v) is 5.06. The molecule has 0 saturated carbocycles. The maximum absolute atomic E-state index is 11.6. The highest BCUT2D eigenvalue weighted by atomic mass is 32.1. The number of nitro groups is 1. The average molecular weight is 351 g/mol. The molecule has 0 aliphatic heterocycles. The molecule has 0 aliphatic rings. The number of rotatable bonds is 8. The van der Waals surface area contributed by atoms with Crippen LogP contribution in [0.3, 0.4) is 0 Å². The summed E-state index contributed by atoms with van der Waals surface area (Å²) in [5, 5.41) is 16.6. The molecule has 2 rings (SSSR count). The SMILES string of the molecule is Cc1sc(/C=N/NC(=O)CCCCc2cccs2)cc1[N+](=O)[O-]. The molecule has 1 N–H and O–H groups in total. The number of carbonyl (C=O) groups excluding carboxylic acids is 1. The number of nitrogens with one attached hydrogen (secondary N) is 1. The minimum atomic E-state index is -0.421. The summed E-state index contributed by atoms with van der Waals surface area (Å²) < 4.78 is 0. The fourth-order valence-electron chi connectivity index (χ4n) is 2.00. The minimum absolute atomic E-state index is 0.0800. The third kappa shape index (κ3) is 5.57. The summed E-state index contributed by atoms with van der Waals surface area (Å²) in [5.74, 6) is -0.143. The van der Waals surface area contributed by atoms with Gasteiger partial charge in [-0.1, -0.05) is 6.07 Å². The highest BCUT2D eigenvalue weighted by molar-refractivity contribution is 7.14. The molecule has 23 heavy (non-hydrogen) atoms. The van der Waals surface area contributed by atoms with E-state index in [0.717, 1.165) is 19.3 Å². The number of hydrazone groups is 1. The molecule has 0 aliphatic carbocycles. The van der Waals surface area contributed by atoms with E-state index in [-0.39, 0.29) is 11.6 Å². The number of carbonyl (C=O) groups is 1. The van der Waals surface area contributed by atoms with Crippen LogP contribution in [0, 0.1) is 17.0 Å². The molecule has 122 valence electrons. The zero-order valence-corrected chi connectivity index (χ0v) is 14.3. The van der Waals surface area contributed by atoms with Crippen LogP contribution in [0.1, 0.15) is 33.9 Å². The minimum Gasteiger partial charge on any atom is -0.273 e. The standard InChI is InChI=1S/C15H17N3O3S2/c1-11-14(18(20)21)9-13(23-11)10-16-17-15(19)7-3-2-5-12-6-4-8-22-12/h4,6,8-10H,2-3,5,7H2,1H3,(H,17,19)/b16-10+. The van der Waals surface area contributed by atoms with Gasteiger partial charge in [-0.25, -0.2) is 5.43 Å². The molecular weight excluding hydrogens is 334 g/mol. The normalized spacial score (nSPS) is 11.0. The van der Waals surface area contributed by atoms with Crippen molar-refractivity contribution in [1.82, 2.24) is 5.43 Å². The van der Waals surface area contributed by atoms with E-state index in [0.29, 0.717) is 16.2 Å². The quantitative estimate of drug-likeness (QED) is 0.339. The predicted octanol–water partition coefficient (Wildman–Crippen LogP) is 3.89. The molecule has 0 fully saturated rings. The van der Waals surface area contributed by atoms with E-state index in [2.05, 4.69) is 16.6 Å². The molecule has 2 aromatic heterocycles. The second kappa shape index (κ2) is 8.54. The van der Waals surface area contributed by atoms with Gasteiger partial charge in [0.05, 0.1) is 20.9 Å².